The molecule has 0 saturated heterocycles. The Morgan fingerprint density at radius 2 is 1.47 bits per heavy atom. The lowest BCUT2D eigenvalue weighted by molar-refractivity contribution is -0.136. The van der Waals surface area contributed by atoms with Gasteiger partial charge in [0.1, 0.15) is 0 Å². The highest BCUT2D eigenvalue weighted by Gasteiger charge is 2.59. The molecule has 0 amide bonds. The third-order valence-electron chi connectivity index (χ3n) is 3.90. The first-order valence-corrected chi connectivity index (χ1v) is 6.82. The SMILES string of the molecule is O=C1[C@H]2CCCCCCCC[C@H]2C1(Cl)Cl. The van der Waals surface area contributed by atoms with Crippen molar-refractivity contribution in [3.8, 4) is 0 Å². The largest absolute Gasteiger partial charge is 0.296 e. The molecule has 3 heteroatoms. The van der Waals surface area contributed by atoms with Crippen molar-refractivity contribution in [1.29, 1.82) is 0 Å². The third-order valence-corrected chi connectivity index (χ3v) is 4.83. The molecule has 0 spiro atoms. The molecule has 2 aliphatic rings. The average Bonchev–Trinajstić information content (AvgIpc) is 2.24. The molecule has 15 heavy (non-hydrogen) atoms. The molecule has 2 atom stereocenters. The van der Waals surface area contributed by atoms with Crippen molar-refractivity contribution in [1.82, 2.24) is 0 Å². The monoisotopic (exact) mass is 248 g/mol. The van der Waals surface area contributed by atoms with E-state index in [9.17, 15) is 4.79 Å². The van der Waals surface area contributed by atoms with E-state index in [0.29, 0.717) is 0 Å². The number of ketones is 1. The Kier molecular flexibility index (Phi) is 3.62. The van der Waals surface area contributed by atoms with Gasteiger partial charge in [0, 0.05) is 11.8 Å². The number of fused-ring (bicyclic) bond motifs is 1. The van der Waals surface area contributed by atoms with Crippen molar-refractivity contribution in [3.05, 3.63) is 0 Å². The molecule has 2 aliphatic carbocycles. The predicted octanol–water partition coefficient (Wildman–Crippen LogP) is 4.11. The summed E-state index contributed by atoms with van der Waals surface area (Å²) in [7, 11) is 0. The summed E-state index contributed by atoms with van der Waals surface area (Å²) in [5.74, 6) is 0.473. The van der Waals surface area contributed by atoms with Crippen LogP contribution >= 0.6 is 23.2 Å². The van der Waals surface area contributed by atoms with E-state index in [1.165, 1.54) is 32.1 Å². The number of halogens is 2. The van der Waals surface area contributed by atoms with E-state index in [1.54, 1.807) is 0 Å². The smallest absolute Gasteiger partial charge is 0.179 e. The number of hydrogen-bond acceptors (Lipinski definition) is 1. The Hall–Kier alpha value is 0.250. The van der Waals surface area contributed by atoms with Gasteiger partial charge in [-0.3, -0.25) is 4.79 Å². The van der Waals surface area contributed by atoms with E-state index in [-0.39, 0.29) is 17.6 Å². The molecule has 0 aromatic rings. The van der Waals surface area contributed by atoms with Crippen LogP contribution in [0.3, 0.4) is 0 Å². The molecule has 0 bridgehead atoms. The summed E-state index contributed by atoms with van der Waals surface area (Å²) in [5, 5.41) is 0. The summed E-state index contributed by atoms with van der Waals surface area (Å²) in [6.07, 6.45) is 9.54. The molecule has 86 valence electrons. The fourth-order valence-electron chi connectivity index (χ4n) is 2.92. The summed E-state index contributed by atoms with van der Waals surface area (Å²) < 4.78 is -1.05. The molecule has 0 unspecified atom stereocenters. The van der Waals surface area contributed by atoms with Crippen LogP contribution in [0.2, 0.25) is 0 Å². The van der Waals surface area contributed by atoms with Crippen molar-refractivity contribution in [3.63, 3.8) is 0 Å². The number of hydrogen-bond donors (Lipinski definition) is 0. The van der Waals surface area contributed by atoms with Gasteiger partial charge < -0.3 is 0 Å². The summed E-state index contributed by atoms with van der Waals surface area (Å²) in [5.41, 5.74) is 0. The lowest BCUT2D eigenvalue weighted by Crippen LogP contribution is -2.56. The van der Waals surface area contributed by atoms with Gasteiger partial charge in [0.2, 0.25) is 0 Å². The quantitative estimate of drug-likeness (QED) is 0.590. The number of Topliss-reactive ketones (excluding diaryl/α,β-unsaturated/α-hetero) is 1. The van der Waals surface area contributed by atoms with Crippen molar-refractivity contribution in [2.24, 2.45) is 11.8 Å². The lowest BCUT2D eigenvalue weighted by Gasteiger charge is -2.46. The van der Waals surface area contributed by atoms with Gasteiger partial charge in [0.25, 0.3) is 0 Å². The van der Waals surface area contributed by atoms with Gasteiger partial charge in [-0.15, -0.1) is 0 Å². The van der Waals surface area contributed by atoms with Crippen LogP contribution in [-0.4, -0.2) is 10.1 Å². The summed E-state index contributed by atoms with van der Waals surface area (Å²) in [4.78, 5) is 11.7. The van der Waals surface area contributed by atoms with Crippen LogP contribution in [0.5, 0.6) is 0 Å². The minimum atomic E-state index is -1.05. The second-order valence-electron chi connectivity index (χ2n) is 4.90. The molecule has 0 N–H and O–H groups in total. The maximum atomic E-state index is 11.7. The van der Waals surface area contributed by atoms with Crippen LogP contribution in [-0.2, 0) is 4.79 Å². The molecule has 2 rings (SSSR count). The van der Waals surface area contributed by atoms with Crippen molar-refractivity contribution in [2.75, 3.05) is 0 Å². The van der Waals surface area contributed by atoms with Crippen LogP contribution < -0.4 is 0 Å². The molecule has 0 heterocycles. The molecule has 0 aromatic carbocycles. The van der Waals surface area contributed by atoms with Gasteiger partial charge in [-0.2, -0.15) is 0 Å². The van der Waals surface area contributed by atoms with Crippen molar-refractivity contribution in [2.45, 2.75) is 55.7 Å². The Balaban J connectivity index is 1.99. The van der Waals surface area contributed by atoms with Crippen molar-refractivity contribution < 1.29 is 4.79 Å². The summed E-state index contributed by atoms with van der Waals surface area (Å²) in [6.45, 7) is 0. The van der Waals surface area contributed by atoms with E-state index in [4.69, 9.17) is 23.2 Å². The molecular formula is C12H18Cl2O. The van der Waals surface area contributed by atoms with Crippen LogP contribution in [0.15, 0.2) is 0 Å². The number of carbonyl (C=O) groups excluding carboxylic acids is 1. The van der Waals surface area contributed by atoms with Gasteiger partial charge in [0.05, 0.1) is 0 Å². The van der Waals surface area contributed by atoms with E-state index in [1.807, 2.05) is 0 Å². The minimum absolute atomic E-state index is 0.0800. The zero-order valence-corrected chi connectivity index (χ0v) is 10.5. The Bertz CT molecular complexity index is 250. The fourth-order valence-corrected chi connectivity index (χ4v) is 3.72. The molecular weight excluding hydrogens is 231 g/mol. The average molecular weight is 249 g/mol. The molecule has 0 aliphatic heterocycles. The summed E-state index contributed by atoms with van der Waals surface area (Å²) in [6, 6.07) is 0. The third kappa shape index (κ3) is 2.19. The molecule has 2 fully saturated rings. The van der Waals surface area contributed by atoms with E-state index < -0.39 is 4.33 Å². The minimum Gasteiger partial charge on any atom is -0.296 e. The molecule has 2 saturated carbocycles. The maximum absolute atomic E-state index is 11.7. The van der Waals surface area contributed by atoms with E-state index in [0.717, 1.165) is 19.3 Å². The van der Waals surface area contributed by atoms with Crippen LogP contribution in [0, 0.1) is 11.8 Å². The highest BCUT2D eigenvalue weighted by atomic mass is 35.5. The highest BCUT2D eigenvalue weighted by Crippen LogP contribution is 2.53. The van der Waals surface area contributed by atoms with Gasteiger partial charge in [-0.25, -0.2) is 0 Å². The second-order valence-corrected chi connectivity index (χ2v) is 6.28. The lowest BCUT2D eigenvalue weighted by atomic mass is 9.66. The molecule has 0 aromatic heterocycles. The fraction of sp³-hybridized carbons (Fsp3) is 0.917. The number of rotatable bonds is 0. The van der Waals surface area contributed by atoms with Crippen molar-refractivity contribution >= 4 is 29.0 Å². The highest BCUT2D eigenvalue weighted by molar-refractivity contribution is 6.60. The van der Waals surface area contributed by atoms with Gasteiger partial charge in [-0.05, 0) is 12.8 Å². The zero-order valence-electron chi connectivity index (χ0n) is 8.98. The molecule has 0 radical (unpaired) electrons. The van der Waals surface area contributed by atoms with E-state index in [2.05, 4.69) is 0 Å². The topological polar surface area (TPSA) is 17.1 Å². The van der Waals surface area contributed by atoms with Gasteiger partial charge >= 0.3 is 0 Å². The first-order chi connectivity index (χ1) is 7.14. The Morgan fingerprint density at radius 1 is 0.933 bits per heavy atom. The van der Waals surface area contributed by atoms with Crippen LogP contribution in [0.1, 0.15) is 51.4 Å². The van der Waals surface area contributed by atoms with Crippen LogP contribution in [0.25, 0.3) is 0 Å². The first kappa shape index (κ1) is 11.7. The first-order valence-electron chi connectivity index (χ1n) is 6.06. The number of carbonyl (C=O) groups is 1. The van der Waals surface area contributed by atoms with E-state index >= 15 is 0 Å². The second kappa shape index (κ2) is 4.63. The van der Waals surface area contributed by atoms with Gasteiger partial charge in [-0.1, -0.05) is 61.7 Å². The maximum Gasteiger partial charge on any atom is 0.179 e. The molecule has 1 nitrogen and oxygen atoms in total. The summed E-state index contributed by atoms with van der Waals surface area (Å²) >= 11 is 12.1. The normalized spacial score (nSPS) is 36.5. The standard InChI is InChI=1S/C12H18Cl2O/c13-12(14)10-8-6-4-2-1-3-5-7-9(10)11(12)15/h9-10H,1-8H2/t9-,10+/m0/s1. The zero-order chi connectivity index (χ0) is 10.9. The number of alkyl halides is 2. The predicted molar refractivity (Wildman–Crippen MR) is 63.4 cm³/mol. The van der Waals surface area contributed by atoms with Gasteiger partial charge in [0.15, 0.2) is 10.1 Å². The Labute approximate surface area is 102 Å². The Morgan fingerprint density at radius 3 is 2.13 bits per heavy atom. The van der Waals surface area contributed by atoms with Crippen LogP contribution in [0.4, 0.5) is 0 Å².